The minimum atomic E-state index is -0.642. The van der Waals surface area contributed by atoms with Crippen molar-refractivity contribution in [2.45, 2.75) is 46.1 Å². The number of anilines is 1. The summed E-state index contributed by atoms with van der Waals surface area (Å²) in [6.45, 7) is 7.38. The van der Waals surface area contributed by atoms with Crippen molar-refractivity contribution in [3.63, 3.8) is 0 Å². The van der Waals surface area contributed by atoms with Gasteiger partial charge in [0.15, 0.2) is 5.15 Å². The predicted octanol–water partition coefficient (Wildman–Crippen LogP) is 3.02. The highest BCUT2D eigenvalue weighted by molar-refractivity contribution is 6.32. The number of aliphatic hydroxyl groups is 1. The molecule has 3 N–H and O–H groups in total. The molecule has 0 aromatic carbocycles. The normalized spacial score (nSPS) is 13.7. The van der Waals surface area contributed by atoms with Gasteiger partial charge in [-0.15, -0.1) is 0 Å². The van der Waals surface area contributed by atoms with Gasteiger partial charge in [-0.25, -0.2) is 9.78 Å². The second kappa shape index (κ2) is 6.90. The van der Waals surface area contributed by atoms with Crippen LogP contribution in [0.3, 0.4) is 0 Å². The van der Waals surface area contributed by atoms with Crippen molar-refractivity contribution in [3.05, 3.63) is 22.5 Å². The van der Waals surface area contributed by atoms with E-state index in [1.165, 1.54) is 0 Å². The number of aryl methyl sites for hydroxylation is 2. The van der Waals surface area contributed by atoms with Gasteiger partial charge in [0.25, 0.3) is 0 Å². The van der Waals surface area contributed by atoms with Crippen molar-refractivity contribution in [2.24, 2.45) is 0 Å². The fraction of sp³-hybridized carbons (Fsp3) is 0.571. The van der Waals surface area contributed by atoms with Crippen LogP contribution in [-0.4, -0.2) is 28.3 Å². The number of urea groups is 1. The van der Waals surface area contributed by atoms with Crippen molar-refractivity contribution < 1.29 is 9.90 Å². The molecule has 0 fully saturated rings. The maximum atomic E-state index is 12.0. The number of hydrogen-bond donors (Lipinski definition) is 3. The molecule has 5 nitrogen and oxygen atoms in total. The molecule has 1 rings (SSSR count). The quantitative estimate of drug-likeness (QED) is 0.732. The summed E-state index contributed by atoms with van der Waals surface area (Å²) in [5.41, 5.74) is 1.49. The summed E-state index contributed by atoms with van der Waals surface area (Å²) in [5, 5.41) is 15.1. The molecule has 1 heterocycles. The molecule has 2 amide bonds. The highest BCUT2D eigenvalue weighted by atomic mass is 35.5. The van der Waals surface area contributed by atoms with Gasteiger partial charge in [-0.1, -0.05) is 24.9 Å². The summed E-state index contributed by atoms with van der Waals surface area (Å²) in [5.74, 6) is 0. The standard InChI is InChI=1S/C14H22ClN3O2/c1-5-6-14(4,8-19)18-13(20)17-11-9(2)7-10(3)16-12(11)15/h7,19H,5-6,8H2,1-4H3,(H2,17,18,20). The summed E-state index contributed by atoms with van der Waals surface area (Å²) in [7, 11) is 0. The Bertz CT molecular complexity index is 470. The van der Waals surface area contributed by atoms with Gasteiger partial charge in [-0.2, -0.15) is 0 Å². The third-order valence-electron chi connectivity index (χ3n) is 3.11. The van der Waals surface area contributed by atoms with Crippen LogP contribution in [0, 0.1) is 13.8 Å². The molecule has 0 bridgehead atoms. The molecule has 1 aromatic rings. The van der Waals surface area contributed by atoms with Crippen molar-refractivity contribution in [1.29, 1.82) is 0 Å². The van der Waals surface area contributed by atoms with E-state index in [4.69, 9.17) is 11.6 Å². The molecule has 0 radical (unpaired) electrons. The number of amides is 2. The molecule has 112 valence electrons. The molecule has 0 aliphatic rings. The van der Waals surface area contributed by atoms with E-state index in [1.54, 1.807) is 6.92 Å². The molecule has 1 aromatic heterocycles. The second-order valence-corrected chi connectivity index (χ2v) is 5.65. The SMILES string of the molecule is CCCC(C)(CO)NC(=O)Nc1c(C)cc(C)nc1Cl. The average Bonchev–Trinajstić information content (AvgIpc) is 2.34. The summed E-state index contributed by atoms with van der Waals surface area (Å²) in [4.78, 5) is 16.1. The van der Waals surface area contributed by atoms with Gasteiger partial charge in [0.2, 0.25) is 0 Å². The van der Waals surface area contributed by atoms with Crippen LogP contribution in [0.1, 0.15) is 37.9 Å². The lowest BCUT2D eigenvalue weighted by molar-refractivity contribution is 0.167. The summed E-state index contributed by atoms with van der Waals surface area (Å²) < 4.78 is 0. The average molecular weight is 300 g/mol. The number of nitrogens with one attached hydrogen (secondary N) is 2. The summed E-state index contributed by atoms with van der Waals surface area (Å²) in [6, 6.07) is 1.45. The van der Waals surface area contributed by atoms with Gasteiger partial charge in [-0.3, -0.25) is 0 Å². The third-order valence-corrected chi connectivity index (χ3v) is 3.38. The summed E-state index contributed by atoms with van der Waals surface area (Å²) >= 11 is 6.04. The van der Waals surface area contributed by atoms with Crippen LogP contribution in [0.2, 0.25) is 5.15 Å². The van der Waals surface area contributed by atoms with Crippen LogP contribution < -0.4 is 10.6 Å². The molecule has 20 heavy (non-hydrogen) atoms. The van der Waals surface area contributed by atoms with E-state index in [9.17, 15) is 9.90 Å². The van der Waals surface area contributed by atoms with E-state index >= 15 is 0 Å². The first-order valence-corrected chi connectivity index (χ1v) is 7.03. The van der Waals surface area contributed by atoms with Crippen molar-refractivity contribution >= 4 is 23.3 Å². The Balaban J connectivity index is 2.81. The largest absolute Gasteiger partial charge is 0.394 e. The molecule has 1 atom stereocenters. The molecule has 6 heteroatoms. The topological polar surface area (TPSA) is 74.2 Å². The number of halogens is 1. The van der Waals surface area contributed by atoms with E-state index in [-0.39, 0.29) is 11.8 Å². The maximum Gasteiger partial charge on any atom is 0.319 e. The molecular formula is C14H22ClN3O2. The van der Waals surface area contributed by atoms with Crippen LogP contribution in [0.4, 0.5) is 10.5 Å². The van der Waals surface area contributed by atoms with Crippen molar-refractivity contribution in [1.82, 2.24) is 10.3 Å². The Labute approximate surface area is 124 Å². The maximum absolute atomic E-state index is 12.0. The van der Waals surface area contributed by atoms with Gasteiger partial charge >= 0.3 is 6.03 Å². The molecule has 0 spiro atoms. The third kappa shape index (κ3) is 4.35. The highest BCUT2D eigenvalue weighted by Crippen LogP contribution is 2.24. The minimum absolute atomic E-state index is 0.118. The van der Waals surface area contributed by atoms with Crippen LogP contribution in [-0.2, 0) is 0 Å². The smallest absolute Gasteiger partial charge is 0.319 e. The van der Waals surface area contributed by atoms with Crippen molar-refractivity contribution in [3.8, 4) is 0 Å². The number of pyridine rings is 1. The lowest BCUT2D eigenvalue weighted by Gasteiger charge is -2.28. The van der Waals surface area contributed by atoms with E-state index in [0.29, 0.717) is 12.1 Å². The monoisotopic (exact) mass is 299 g/mol. The van der Waals surface area contributed by atoms with E-state index < -0.39 is 11.6 Å². The molecule has 0 saturated carbocycles. The predicted molar refractivity (Wildman–Crippen MR) is 81.3 cm³/mol. The van der Waals surface area contributed by atoms with Gasteiger partial charge in [0.05, 0.1) is 17.8 Å². The molecule has 1 unspecified atom stereocenters. The Morgan fingerprint density at radius 1 is 1.50 bits per heavy atom. The zero-order valence-corrected chi connectivity index (χ0v) is 13.1. The molecule has 0 aliphatic carbocycles. The number of aromatic nitrogens is 1. The molecular weight excluding hydrogens is 278 g/mol. The number of nitrogens with zero attached hydrogens (tertiary/aromatic N) is 1. The number of aliphatic hydroxyl groups excluding tert-OH is 1. The van der Waals surface area contributed by atoms with Gasteiger partial charge in [0, 0.05) is 5.69 Å². The first-order valence-electron chi connectivity index (χ1n) is 6.65. The van der Waals surface area contributed by atoms with Gasteiger partial charge in [-0.05, 0) is 38.8 Å². The van der Waals surface area contributed by atoms with Gasteiger partial charge in [0.1, 0.15) is 0 Å². The fourth-order valence-electron chi connectivity index (χ4n) is 2.09. The number of carbonyl (C=O) groups excluding carboxylic acids is 1. The Morgan fingerprint density at radius 2 is 2.15 bits per heavy atom. The number of carbonyl (C=O) groups is 1. The Hall–Kier alpha value is -1.33. The minimum Gasteiger partial charge on any atom is -0.394 e. The first kappa shape index (κ1) is 16.7. The zero-order chi connectivity index (χ0) is 15.3. The van der Waals surface area contributed by atoms with Crippen molar-refractivity contribution in [2.75, 3.05) is 11.9 Å². The van der Waals surface area contributed by atoms with E-state index in [2.05, 4.69) is 15.6 Å². The highest BCUT2D eigenvalue weighted by Gasteiger charge is 2.25. The Morgan fingerprint density at radius 3 is 2.65 bits per heavy atom. The zero-order valence-electron chi connectivity index (χ0n) is 12.4. The number of rotatable bonds is 5. The van der Waals surface area contributed by atoms with E-state index in [1.807, 2.05) is 26.8 Å². The Kier molecular flexibility index (Phi) is 5.77. The fourth-order valence-corrected chi connectivity index (χ4v) is 2.42. The second-order valence-electron chi connectivity index (χ2n) is 5.29. The lowest BCUT2D eigenvalue weighted by Crippen LogP contribution is -2.50. The molecule has 0 saturated heterocycles. The van der Waals surface area contributed by atoms with Gasteiger partial charge < -0.3 is 15.7 Å². The molecule has 0 aliphatic heterocycles. The van der Waals surface area contributed by atoms with Crippen LogP contribution in [0.25, 0.3) is 0 Å². The van der Waals surface area contributed by atoms with E-state index in [0.717, 1.165) is 17.7 Å². The lowest BCUT2D eigenvalue weighted by atomic mass is 9.98. The summed E-state index contributed by atoms with van der Waals surface area (Å²) in [6.07, 6.45) is 1.55. The van der Waals surface area contributed by atoms with Crippen LogP contribution >= 0.6 is 11.6 Å². The first-order chi connectivity index (χ1) is 9.31. The van der Waals surface area contributed by atoms with Crippen LogP contribution in [0.15, 0.2) is 6.07 Å². The number of hydrogen-bond acceptors (Lipinski definition) is 3. The van der Waals surface area contributed by atoms with Crippen LogP contribution in [0.5, 0.6) is 0 Å².